The van der Waals surface area contributed by atoms with Gasteiger partial charge in [-0.15, -0.1) is 11.3 Å². The van der Waals surface area contributed by atoms with Crippen LogP contribution in [-0.4, -0.2) is 4.98 Å². The first kappa shape index (κ1) is 12.4. The van der Waals surface area contributed by atoms with Crippen molar-refractivity contribution in [3.8, 4) is 0 Å². The number of nitrogens with zero attached hydrogens (tertiary/aromatic N) is 1. The van der Waals surface area contributed by atoms with Gasteiger partial charge in [-0.1, -0.05) is 43.6 Å². The summed E-state index contributed by atoms with van der Waals surface area (Å²) in [6.07, 6.45) is 0.808. The van der Waals surface area contributed by atoms with E-state index in [0.717, 1.165) is 22.7 Å². The Kier molecular flexibility index (Phi) is 3.69. The van der Waals surface area contributed by atoms with Crippen LogP contribution in [0.2, 0.25) is 5.02 Å². The topological polar surface area (TPSA) is 38.9 Å². The second kappa shape index (κ2) is 5.07. The summed E-state index contributed by atoms with van der Waals surface area (Å²) in [5.41, 5.74) is 8.00. The highest BCUT2D eigenvalue weighted by molar-refractivity contribution is 7.15. The highest BCUT2D eigenvalue weighted by atomic mass is 35.5. The fraction of sp³-hybridized carbons (Fsp3) is 0.308. The number of nitrogens with two attached hydrogens (primary N) is 1. The van der Waals surface area contributed by atoms with E-state index in [-0.39, 0.29) is 0 Å². The van der Waals surface area contributed by atoms with Crippen molar-refractivity contribution in [1.29, 1.82) is 0 Å². The third-order valence-electron chi connectivity index (χ3n) is 2.60. The fourth-order valence-corrected chi connectivity index (χ4v) is 2.99. The van der Waals surface area contributed by atoms with Gasteiger partial charge in [0.15, 0.2) is 5.13 Å². The van der Waals surface area contributed by atoms with Gasteiger partial charge in [-0.05, 0) is 17.5 Å². The van der Waals surface area contributed by atoms with Crippen LogP contribution in [0.1, 0.15) is 35.9 Å². The molecule has 4 heteroatoms. The van der Waals surface area contributed by atoms with Gasteiger partial charge < -0.3 is 5.73 Å². The third-order valence-corrected chi connectivity index (χ3v) is 3.87. The lowest BCUT2D eigenvalue weighted by Crippen LogP contribution is -1.95. The number of halogens is 1. The lowest BCUT2D eigenvalue weighted by molar-refractivity contribution is 0.820. The van der Waals surface area contributed by atoms with Crippen molar-refractivity contribution in [2.45, 2.75) is 26.2 Å². The Morgan fingerprint density at radius 2 is 2.06 bits per heavy atom. The van der Waals surface area contributed by atoms with Gasteiger partial charge in [-0.25, -0.2) is 4.98 Å². The minimum absolute atomic E-state index is 0.390. The first-order chi connectivity index (χ1) is 8.08. The number of hydrogen-bond donors (Lipinski definition) is 1. The van der Waals surface area contributed by atoms with Crippen LogP contribution in [0.3, 0.4) is 0 Å². The van der Waals surface area contributed by atoms with E-state index in [1.165, 1.54) is 4.88 Å². The Morgan fingerprint density at radius 1 is 1.35 bits per heavy atom. The first-order valence-corrected chi connectivity index (χ1v) is 6.76. The van der Waals surface area contributed by atoms with E-state index < -0.39 is 0 Å². The minimum atomic E-state index is 0.390. The van der Waals surface area contributed by atoms with E-state index in [9.17, 15) is 0 Å². The number of nitrogen functional groups attached to an aromatic ring is 1. The van der Waals surface area contributed by atoms with Gasteiger partial charge in [0.25, 0.3) is 0 Å². The second-order valence-corrected chi connectivity index (χ2v) is 5.81. The predicted molar refractivity (Wildman–Crippen MR) is 74.9 cm³/mol. The molecule has 0 spiro atoms. The van der Waals surface area contributed by atoms with E-state index in [1.807, 2.05) is 24.3 Å². The minimum Gasteiger partial charge on any atom is -0.375 e. The molecule has 0 fully saturated rings. The Hall–Kier alpha value is -1.06. The highest BCUT2D eigenvalue weighted by Crippen LogP contribution is 2.30. The van der Waals surface area contributed by atoms with Gasteiger partial charge in [-0.3, -0.25) is 0 Å². The molecule has 90 valence electrons. The van der Waals surface area contributed by atoms with Crippen LogP contribution in [0.15, 0.2) is 24.3 Å². The standard InChI is InChI=1S/C13H15ClN2S/c1-8(2)12-11(17-13(15)16-12)7-9-5-3-4-6-10(9)14/h3-6,8H,7H2,1-2H3,(H2,15,16). The fourth-order valence-electron chi connectivity index (χ4n) is 1.77. The molecule has 0 aliphatic carbocycles. The number of aromatic nitrogens is 1. The number of anilines is 1. The molecule has 0 radical (unpaired) electrons. The lowest BCUT2D eigenvalue weighted by Gasteiger charge is -2.06. The van der Waals surface area contributed by atoms with Gasteiger partial charge in [0.2, 0.25) is 0 Å². The van der Waals surface area contributed by atoms with Crippen molar-refractivity contribution < 1.29 is 0 Å². The summed E-state index contributed by atoms with van der Waals surface area (Å²) in [7, 11) is 0. The maximum Gasteiger partial charge on any atom is 0.180 e. The first-order valence-electron chi connectivity index (χ1n) is 5.56. The Labute approximate surface area is 110 Å². The van der Waals surface area contributed by atoms with Crippen LogP contribution in [0, 0.1) is 0 Å². The molecule has 1 heterocycles. The molecule has 1 aromatic carbocycles. The smallest absolute Gasteiger partial charge is 0.180 e. The monoisotopic (exact) mass is 266 g/mol. The van der Waals surface area contributed by atoms with Gasteiger partial charge in [-0.2, -0.15) is 0 Å². The molecule has 2 aromatic rings. The molecule has 17 heavy (non-hydrogen) atoms. The Balaban J connectivity index is 2.33. The summed E-state index contributed by atoms with van der Waals surface area (Å²) in [5.74, 6) is 0.390. The SMILES string of the molecule is CC(C)c1nc(N)sc1Cc1ccccc1Cl. The third kappa shape index (κ3) is 2.79. The van der Waals surface area contributed by atoms with E-state index in [0.29, 0.717) is 11.0 Å². The van der Waals surface area contributed by atoms with Gasteiger partial charge in [0, 0.05) is 16.3 Å². The molecule has 0 bridgehead atoms. The predicted octanol–water partition coefficient (Wildman–Crippen LogP) is 4.09. The van der Waals surface area contributed by atoms with Gasteiger partial charge in [0.05, 0.1) is 5.69 Å². The molecule has 0 amide bonds. The van der Waals surface area contributed by atoms with Gasteiger partial charge >= 0.3 is 0 Å². The summed E-state index contributed by atoms with van der Waals surface area (Å²) in [5, 5.41) is 1.44. The molecule has 2 N–H and O–H groups in total. The lowest BCUT2D eigenvalue weighted by atomic mass is 10.0. The molecule has 0 unspecified atom stereocenters. The van der Waals surface area contributed by atoms with Crippen LogP contribution in [0.4, 0.5) is 5.13 Å². The zero-order valence-corrected chi connectivity index (χ0v) is 11.5. The Morgan fingerprint density at radius 3 is 2.71 bits per heavy atom. The van der Waals surface area contributed by atoms with Crippen LogP contribution < -0.4 is 5.73 Å². The molecule has 2 nitrogen and oxygen atoms in total. The number of hydrogen-bond acceptors (Lipinski definition) is 3. The largest absolute Gasteiger partial charge is 0.375 e. The number of thiazole rings is 1. The average Bonchev–Trinajstić information content (AvgIpc) is 2.63. The van der Waals surface area contributed by atoms with Crippen LogP contribution in [-0.2, 0) is 6.42 Å². The van der Waals surface area contributed by atoms with Crippen molar-refractivity contribution in [1.82, 2.24) is 4.98 Å². The zero-order chi connectivity index (χ0) is 12.4. The number of benzene rings is 1. The van der Waals surface area contributed by atoms with E-state index in [2.05, 4.69) is 18.8 Å². The van der Waals surface area contributed by atoms with Crippen molar-refractivity contribution in [2.24, 2.45) is 0 Å². The van der Waals surface area contributed by atoms with E-state index in [4.69, 9.17) is 17.3 Å². The average molecular weight is 267 g/mol. The highest BCUT2D eigenvalue weighted by Gasteiger charge is 2.14. The van der Waals surface area contributed by atoms with Crippen molar-refractivity contribution in [3.05, 3.63) is 45.4 Å². The summed E-state index contributed by atoms with van der Waals surface area (Å²) in [6.45, 7) is 4.26. The van der Waals surface area contributed by atoms with Crippen molar-refractivity contribution >= 4 is 28.1 Å². The van der Waals surface area contributed by atoms with E-state index >= 15 is 0 Å². The molecule has 0 saturated carbocycles. The summed E-state index contributed by atoms with van der Waals surface area (Å²) < 4.78 is 0. The molecular weight excluding hydrogens is 252 g/mol. The van der Waals surface area contributed by atoms with Crippen LogP contribution >= 0.6 is 22.9 Å². The number of rotatable bonds is 3. The Bertz CT molecular complexity index is 520. The zero-order valence-electron chi connectivity index (χ0n) is 9.90. The maximum atomic E-state index is 6.17. The summed E-state index contributed by atoms with van der Waals surface area (Å²) >= 11 is 7.72. The van der Waals surface area contributed by atoms with Crippen LogP contribution in [0.5, 0.6) is 0 Å². The normalized spacial score (nSPS) is 11.1. The molecule has 0 saturated heterocycles. The molecular formula is C13H15ClN2S. The molecule has 2 rings (SSSR count). The quantitative estimate of drug-likeness (QED) is 0.909. The van der Waals surface area contributed by atoms with Crippen molar-refractivity contribution in [2.75, 3.05) is 5.73 Å². The molecule has 0 aliphatic rings. The molecule has 0 atom stereocenters. The summed E-state index contributed by atoms with van der Waals surface area (Å²) in [4.78, 5) is 5.60. The molecule has 0 aliphatic heterocycles. The second-order valence-electron chi connectivity index (χ2n) is 4.28. The van der Waals surface area contributed by atoms with Gasteiger partial charge in [0.1, 0.15) is 0 Å². The maximum absolute atomic E-state index is 6.17. The van der Waals surface area contributed by atoms with E-state index in [1.54, 1.807) is 11.3 Å². The van der Waals surface area contributed by atoms with Crippen molar-refractivity contribution in [3.63, 3.8) is 0 Å². The molecule has 1 aromatic heterocycles. The summed E-state index contributed by atoms with van der Waals surface area (Å²) in [6, 6.07) is 7.90. The van der Waals surface area contributed by atoms with Crippen LogP contribution in [0.25, 0.3) is 0 Å².